The van der Waals surface area contributed by atoms with E-state index in [4.69, 9.17) is 5.73 Å². The topological polar surface area (TPSA) is 149 Å². The van der Waals surface area contributed by atoms with Gasteiger partial charge in [-0.1, -0.05) is 36.4 Å². The van der Waals surface area contributed by atoms with E-state index in [1.54, 1.807) is 21.4 Å². The summed E-state index contributed by atoms with van der Waals surface area (Å²) in [6, 6.07) is 16.9. The number of rotatable bonds is 7. The third-order valence-corrected chi connectivity index (χ3v) is 5.62. The van der Waals surface area contributed by atoms with Gasteiger partial charge in [0.05, 0.1) is 17.7 Å². The van der Waals surface area contributed by atoms with Crippen molar-refractivity contribution in [1.82, 2.24) is 29.3 Å². The number of benzene rings is 2. The third-order valence-electron chi connectivity index (χ3n) is 5.62. The van der Waals surface area contributed by atoms with Crippen molar-refractivity contribution in [1.29, 1.82) is 0 Å². The highest BCUT2D eigenvalue weighted by Crippen LogP contribution is 2.33. The van der Waals surface area contributed by atoms with Gasteiger partial charge in [-0.25, -0.2) is 9.67 Å². The van der Waals surface area contributed by atoms with Crippen LogP contribution in [-0.2, 0) is 17.9 Å². The fourth-order valence-corrected chi connectivity index (χ4v) is 3.96. The van der Waals surface area contributed by atoms with Crippen LogP contribution in [-0.4, -0.2) is 40.3 Å². The van der Waals surface area contributed by atoms with Crippen LogP contribution in [0.4, 0.5) is 23.3 Å². The van der Waals surface area contributed by atoms with Crippen LogP contribution in [0.3, 0.4) is 0 Å². The summed E-state index contributed by atoms with van der Waals surface area (Å²) in [5.41, 5.74) is 9.88. The molecule has 5 aromatic rings. The highest BCUT2D eigenvalue weighted by atomic mass is 16.3. The predicted molar refractivity (Wildman–Crippen MR) is 138 cm³/mol. The molecule has 3 heterocycles. The number of aromatic hydroxyl groups is 1. The first-order chi connectivity index (χ1) is 17.4. The van der Waals surface area contributed by atoms with E-state index < -0.39 is 0 Å². The lowest BCUT2D eigenvalue weighted by atomic mass is 10.1. The number of nitrogen functional groups attached to an aromatic ring is 1. The number of nitrogens with one attached hydrogen (secondary N) is 2. The normalized spacial score (nSPS) is 11.1. The molecule has 0 saturated carbocycles. The van der Waals surface area contributed by atoms with Gasteiger partial charge in [-0.3, -0.25) is 4.79 Å². The summed E-state index contributed by atoms with van der Waals surface area (Å²) in [5, 5.41) is 20.9. The van der Waals surface area contributed by atoms with Gasteiger partial charge in [0.2, 0.25) is 11.9 Å². The molecule has 0 spiro atoms. The molecule has 0 aliphatic carbocycles. The van der Waals surface area contributed by atoms with E-state index in [1.165, 1.54) is 6.33 Å². The van der Waals surface area contributed by atoms with Crippen molar-refractivity contribution in [2.24, 2.45) is 0 Å². The number of nitrogens with zero attached hydrogens (tertiary/aromatic N) is 6. The van der Waals surface area contributed by atoms with Crippen LogP contribution in [0.15, 0.2) is 60.9 Å². The number of aryl methyl sites for hydroxylation is 2. The fourth-order valence-electron chi connectivity index (χ4n) is 3.96. The minimum Gasteiger partial charge on any atom is -0.506 e. The monoisotopic (exact) mass is 483 g/mol. The Morgan fingerprint density at radius 2 is 1.89 bits per heavy atom. The summed E-state index contributed by atoms with van der Waals surface area (Å²) in [7, 11) is 0. The molecule has 0 aliphatic rings. The lowest BCUT2D eigenvalue weighted by Gasteiger charge is -2.11. The van der Waals surface area contributed by atoms with Crippen LogP contribution in [0.25, 0.3) is 22.3 Å². The lowest BCUT2D eigenvalue weighted by molar-refractivity contribution is -0.116. The van der Waals surface area contributed by atoms with Crippen LogP contribution >= 0.6 is 0 Å². The molecule has 5 rings (SSSR count). The zero-order valence-electron chi connectivity index (χ0n) is 19.8. The van der Waals surface area contributed by atoms with Crippen molar-refractivity contribution < 1.29 is 9.90 Å². The van der Waals surface area contributed by atoms with Crippen molar-refractivity contribution in [3.05, 3.63) is 66.6 Å². The Labute approximate surface area is 206 Å². The summed E-state index contributed by atoms with van der Waals surface area (Å²) < 4.78 is 3.31. The summed E-state index contributed by atoms with van der Waals surface area (Å²) in [6.07, 6.45) is 1.50. The van der Waals surface area contributed by atoms with Gasteiger partial charge < -0.3 is 26.0 Å². The standard InChI is InChI=1S/C25H25N9O2/c1-3-34-20(11-15(2)32-34)29-21(36)13-33-14-27-22-23(30-25(26)31-24(22)33)28-18-10-9-17(12-19(18)35)16-7-5-4-6-8-16/h4-12,14,35H,3,13H2,1-2H3,(H,29,36)(H3,26,28,30,31). The summed E-state index contributed by atoms with van der Waals surface area (Å²) in [5.74, 6) is 0.731. The predicted octanol–water partition coefficient (Wildman–Crippen LogP) is 3.69. The fraction of sp³-hybridized carbons (Fsp3) is 0.160. The Balaban J connectivity index is 1.39. The van der Waals surface area contributed by atoms with Gasteiger partial charge in [0.1, 0.15) is 18.1 Å². The first kappa shape index (κ1) is 22.8. The smallest absolute Gasteiger partial charge is 0.245 e. The van der Waals surface area contributed by atoms with Crippen LogP contribution in [0, 0.1) is 6.92 Å². The van der Waals surface area contributed by atoms with Crippen molar-refractivity contribution in [3.63, 3.8) is 0 Å². The van der Waals surface area contributed by atoms with E-state index in [1.807, 2.05) is 56.3 Å². The quantitative estimate of drug-likeness (QED) is 0.256. The number of imidazole rings is 1. The Morgan fingerprint density at radius 1 is 1.08 bits per heavy atom. The molecule has 2 aromatic carbocycles. The van der Waals surface area contributed by atoms with Gasteiger partial charge in [0.25, 0.3) is 0 Å². The Morgan fingerprint density at radius 3 is 2.64 bits per heavy atom. The van der Waals surface area contributed by atoms with E-state index in [0.29, 0.717) is 35.0 Å². The Hall–Kier alpha value is -4.93. The number of carbonyl (C=O) groups is 1. The maximum atomic E-state index is 12.7. The molecule has 182 valence electrons. The van der Waals surface area contributed by atoms with Gasteiger partial charge in [-0.15, -0.1) is 0 Å². The van der Waals surface area contributed by atoms with Crippen LogP contribution in [0.1, 0.15) is 12.6 Å². The number of carbonyl (C=O) groups excluding carboxylic acids is 1. The molecule has 0 atom stereocenters. The summed E-state index contributed by atoms with van der Waals surface area (Å²) in [6.45, 7) is 4.42. The molecule has 0 fully saturated rings. The Bertz CT molecular complexity index is 1560. The van der Waals surface area contributed by atoms with Crippen molar-refractivity contribution in [3.8, 4) is 16.9 Å². The number of anilines is 4. The largest absolute Gasteiger partial charge is 0.506 e. The molecule has 1 amide bonds. The number of hydrogen-bond acceptors (Lipinski definition) is 8. The first-order valence-corrected chi connectivity index (χ1v) is 11.4. The minimum absolute atomic E-state index is 0.00670. The van der Waals surface area contributed by atoms with Crippen LogP contribution in [0.5, 0.6) is 5.75 Å². The molecule has 0 aliphatic heterocycles. The summed E-state index contributed by atoms with van der Waals surface area (Å²) >= 11 is 0. The lowest BCUT2D eigenvalue weighted by Crippen LogP contribution is -2.20. The van der Waals surface area contributed by atoms with E-state index in [9.17, 15) is 9.90 Å². The molecule has 36 heavy (non-hydrogen) atoms. The highest BCUT2D eigenvalue weighted by molar-refractivity contribution is 5.92. The molecule has 3 aromatic heterocycles. The average Bonchev–Trinajstić information content (AvgIpc) is 3.43. The molecular formula is C25H25N9O2. The molecule has 5 N–H and O–H groups in total. The van der Waals surface area contributed by atoms with Crippen molar-refractivity contribution in [2.75, 3.05) is 16.4 Å². The number of hydrogen-bond donors (Lipinski definition) is 4. The van der Waals surface area contributed by atoms with Gasteiger partial charge in [-0.2, -0.15) is 15.1 Å². The number of phenolic OH excluding ortho intramolecular Hbond substituents is 1. The second-order valence-electron chi connectivity index (χ2n) is 8.23. The zero-order chi connectivity index (χ0) is 25.2. The molecular weight excluding hydrogens is 458 g/mol. The summed E-state index contributed by atoms with van der Waals surface area (Å²) in [4.78, 5) is 25.7. The second-order valence-corrected chi connectivity index (χ2v) is 8.23. The maximum absolute atomic E-state index is 12.7. The zero-order valence-corrected chi connectivity index (χ0v) is 19.8. The van der Waals surface area contributed by atoms with Crippen LogP contribution < -0.4 is 16.4 Å². The van der Waals surface area contributed by atoms with Gasteiger partial charge in [0.15, 0.2) is 17.0 Å². The van der Waals surface area contributed by atoms with E-state index in [2.05, 4.69) is 30.7 Å². The second kappa shape index (κ2) is 9.37. The first-order valence-electron chi connectivity index (χ1n) is 11.4. The van der Waals surface area contributed by atoms with Gasteiger partial charge in [-0.05, 0) is 37.1 Å². The van der Waals surface area contributed by atoms with Crippen LogP contribution in [0.2, 0.25) is 0 Å². The third kappa shape index (κ3) is 4.53. The number of aromatic nitrogens is 6. The van der Waals surface area contributed by atoms with Gasteiger partial charge >= 0.3 is 0 Å². The molecule has 11 heteroatoms. The Kier molecular flexibility index (Phi) is 5.95. The van der Waals surface area contributed by atoms with Crippen molar-refractivity contribution in [2.45, 2.75) is 26.9 Å². The minimum atomic E-state index is -0.260. The van der Waals surface area contributed by atoms with Crippen molar-refractivity contribution >= 4 is 40.3 Å². The molecule has 0 bridgehead atoms. The maximum Gasteiger partial charge on any atom is 0.245 e. The molecule has 0 saturated heterocycles. The molecule has 0 unspecified atom stereocenters. The number of fused-ring (bicyclic) bond motifs is 1. The number of phenols is 1. The number of amides is 1. The molecule has 0 radical (unpaired) electrons. The highest BCUT2D eigenvalue weighted by Gasteiger charge is 2.17. The van der Waals surface area contributed by atoms with E-state index in [-0.39, 0.29) is 24.1 Å². The molecule has 11 nitrogen and oxygen atoms in total. The SMILES string of the molecule is CCn1nc(C)cc1NC(=O)Cn1cnc2c(Nc3ccc(-c4ccccc4)cc3O)nc(N)nc21. The van der Waals surface area contributed by atoms with Gasteiger partial charge in [0, 0.05) is 12.6 Å². The average molecular weight is 484 g/mol. The van der Waals surface area contributed by atoms with E-state index >= 15 is 0 Å². The number of nitrogens with two attached hydrogens (primary N) is 1. The van der Waals surface area contributed by atoms with E-state index in [0.717, 1.165) is 16.8 Å².